The number of amides is 3. The zero-order chi connectivity index (χ0) is 15.0. The number of rotatable bonds is 3. The molecule has 7 heteroatoms. The van der Waals surface area contributed by atoms with Crippen LogP contribution in [0.15, 0.2) is 0 Å². The summed E-state index contributed by atoms with van der Waals surface area (Å²) < 4.78 is 0. The highest BCUT2D eigenvalue weighted by Gasteiger charge is 2.46. The minimum absolute atomic E-state index is 0.0291. The van der Waals surface area contributed by atoms with Crippen molar-refractivity contribution in [1.82, 2.24) is 15.5 Å². The fraction of sp³-hybridized carbons (Fsp3) is 0.786. The minimum Gasteiger partial charge on any atom is -0.481 e. The van der Waals surface area contributed by atoms with E-state index in [-0.39, 0.29) is 30.3 Å². The van der Waals surface area contributed by atoms with Gasteiger partial charge in [-0.2, -0.15) is 0 Å². The fourth-order valence-electron chi connectivity index (χ4n) is 3.74. The Morgan fingerprint density at radius 3 is 2.76 bits per heavy atom. The maximum absolute atomic E-state index is 12.5. The van der Waals surface area contributed by atoms with Crippen LogP contribution in [0.3, 0.4) is 0 Å². The van der Waals surface area contributed by atoms with Crippen LogP contribution >= 0.6 is 0 Å². The number of hydrogen-bond acceptors (Lipinski definition) is 3. The van der Waals surface area contributed by atoms with Gasteiger partial charge in [-0.15, -0.1) is 0 Å². The van der Waals surface area contributed by atoms with Crippen LogP contribution in [0.2, 0.25) is 0 Å². The molecule has 3 N–H and O–H groups in total. The third-order valence-corrected chi connectivity index (χ3v) is 5.03. The van der Waals surface area contributed by atoms with E-state index in [1.165, 1.54) is 0 Å². The summed E-state index contributed by atoms with van der Waals surface area (Å²) in [5.41, 5.74) is -0.591. The van der Waals surface area contributed by atoms with Crippen LogP contribution in [0.5, 0.6) is 0 Å². The van der Waals surface area contributed by atoms with Crippen molar-refractivity contribution in [3.8, 4) is 0 Å². The van der Waals surface area contributed by atoms with Crippen LogP contribution in [0.1, 0.15) is 38.5 Å². The lowest BCUT2D eigenvalue weighted by Crippen LogP contribution is -2.61. The summed E-state index contributed by atoms with van der Waals surface area (Å²) in [7, 11) is 0. The van der Waals surface area contributed by atoms with E-state index in [2.05, 4.69) is 10.6 Å². The summed E-state index contributed by atoms with van der Waals surface area (Å²) in [6.45, 7) is 1.13. The number of aliphatic carboxylic acids is 1. The Hall–Kier alpha value is -1.79. The van der Waals surface area contributed by atoms with Gasteiger partial charge in [-0.3, -0.25) is 9.59 Å². The molecule has 2 atom stereocenters. The standard InChI is InChI=1S/C14H21N3O4/c18-11(19)7-14(4-2-5-14)16-13(21)17-6-1-3-9-10(17)8-15-12(9)20/h9-10H,1-8H2,(H,15,20)(H,16,21)(H,18,19). The van der Waals surface area contributed by atoms with Crippen molar-refractivity contribution in [2.24, 2.45) is 5.92 Å². The number of carboxylic acids is 1. The second-order valence-electron chi connectivity index (χ2n) is 6.39. The van der Waals surface area contributed by atoms with Crippen molar-refractivity contribution < 1.29 is 19.5 Å². The SMILES string of the molecule is O=C(O)CC1(NC(=O)N2CCCC3C(=O)NCC32)CCC1. The molecule has 0 aromatic heterocycles. The number of hydrogen-bond donors (Lipinski definition) is 3. The van der Waals surface area contributed by atoms with E-state index in [1.54, 1.807) is 4.90 Å². The van der Waals surface area contributed by atoms with Gasteiger partial charge in [0.2, 0.25) is 5.91 Å². The molecule has 1 aliphatic carbocycles. The summed E-state index contributed by atoms with van der Waals surface area (Å²) >= 11 is 0. The molecule has 3 fully saturated rings. The highest BCUT2D eigenvalue weighted by Crippen LogP contribution is 2.36. The Morgan fingerprint density at radius 2 is 2.14 bits per heavy atom. The summed E-state index contributed by atoms with van der Waals surface area (Å²) in [5.74, 6) is -0.966. The minimum atomic E-state index is -0.885. The van der Waals surface area contributed by atoms with E-state index in [4.69, 9.17) is 5.11 Å². The number of piperidine rings is 1. The molecular formula is C14H21N3O4. The lowest BCUT2D eigenvalue weighted by molar-refractivity contribution is -0.139. The van der Waals surface area contributed by atoms with Crippen molar-refractivity contribution in [1.29, 1.82) is 0 Å². The number of urea groups is 1. The number of carboxylic acid groups (broad SMARTS) is 1. The first-order chi connectivity index (χ1) is 10.0. The van der Waals surface area contributed by atoms with Crippen LogP contribution in [0.25, 0.3) is 0 Å². The molecule has 7 nitrogen and oxygen atoms in total. The summed E-state index contributed by atoms with van der Waals surface area (Å²) in [4.78, 5) is 36.9. The van der Waals surface area contributed by atoms with Crippen LogP contribution in [-0.4, -0.2) is 52.6 Å². The van der Waals surface area contributed by atoms with Crippen LogP contribution in [0, 0.1) is 5.92 Å². The lowest BCUT2D eigenvalue weighted by atomic mass is 9.74. The number of nitrogens with one attached hydrogen (secondary N) is 2. The molecule has 0 bridgehead atoms. The first-order valence-electron chi connectivity index (χ1n) is 7.59. The zero-order valence-electron chi connectivity index (χ0n) is 11.9. The maximum Gasteiger partial charge on any atom is 0.318 e. The van der Waals surface area contributed by atoms with Gasteiger partial charge in [-0.25, -0.2) is 4.79 Å². The molecule has 3 aliphatic rings. The molecule has 1 saturated carbocycles. The number of carbonyl (C=O) groups excluding carboxylic acids is 2. The molecule has 2 unspecified atom stereocenters. The molecule has 2 heterocycles. The predicted molar refractivity (Wildman–Crippen MR) is 73.6 cm³/mol. The monoisotopic (exact) mass is 295 g/mol. The van der Waals surface area contributed by atoms with Crippen LogP contribution in [-0.2, 0) is 9.59 Å². The van der Waals surface area contributed by atoms with E-state index in [9.17, 15) is 14.4 Å². The second-order valence-corrected chi connectivity index (χ2v) is 6.39. The fourth-order valence-corrected chi connectivity index (χ4v) is 3.74. The molecule has 0 aromatic carbocycles. The first kappa shape index (κ1) is 14.2. The van der Waals surface area contributed by atoms with Gasteiger partial charge in [0, 0.05) is 13.1 Å². The summed E-state index contributed by atoms with van der Waals surface area (Å²) in [6, 6.07) is -0.310. The van der Waals surface area contributed by atoms with Crippen molar-refractivity contribution in [2.45, 2.75) is 50.1 Å². The largest absolute Gasteiger partial charge is 0.481 e. The van der Waals surface area contributed by atoms with Gasteiger partial charge < -0.3 is 20.6 Å². The zero-order valence-corrected chi connectivity index (χ0v) is 11.9. The molecule has 0 spiro atoms. The molecule has 116 valence electrons. The maximum atomic E-state index is 12.5. The highest BCUT2D eigenvalue weighted by atomic mass is 16.4. The smallest absolute Gasteiger partial charge is 0.318 e. The Kier molecular flexibility index (Phi) is 3.51. The Labute approximate surface area is 123 Å². The lowest BCUT2D eigenvalue weighted by Gasteiger charge is -2.44. The average Bonchev–Trinajstić information content (AvgIpc) is 2.77. The molecule has 3 amide bonds. The highest BCUT2D eigenvalue weighted by molar-refractivity contribution is 5.84. The molecule has 21 heavy (non-hydrogen) atoms. The van der Waals surface area contributed by atoms with E-state index in [1.807, 2.05) is 0 Å². The van der Waals surface area contributed by atoms with E-state index >= 15 is 0 Å². The third kappa shape index (κ3) is 2.56. The van der Waals surface area contributed by atoms with Crippen LogP contribution in [0.4, 0.5) is 4.79 Å². The Bertz CT molecular complexity index is 475. The topological polar surface area (TPSA) is 98.7 Å². The molecular weight excluding hydrogens is 274 g/mol. The number of carbonyl (C=O) groups is 3. The Morgan fingerprint density at radius 1 is 1.38 bits per heavy atom. The summed E-state index contributed by atoms with van der Waals surface area (Å²) in [6.07, 6.45) is 3.97. The van der Waals surface area contributed by atoms with E-state index in [0.29, 0.717) is 25.9 Å². The van der Waals surface area contributed by atoms with Crippen molar-refractivity contribution in [2.75, 3.05) is 13.1 Å². The predicted octanol–water partition coefficient (Wildman–Crippen LogP) is 0.304. The van der Waals surface area contributed by atoms with Gasteiger partial charge in [-0.1, -0.05) is 0 Å². The quantitative estimate of drug-likeness (QED) is 0.697. The average molecular weight is 295 g/mol. The molecule has 0 aromatic rings. The first-order valence-corrected chi connectivity index (χ1v) is 7.59. The number of likely N-dealkylation sites (tertiary alicyclic amines) is 1. The van der Waals surface area contributed by atoms with E-state index < -0.39 is 11.5 Å². The molecule has 2 aliphatic heterocycles. The molecule has 3 rings (SSSR count). The Balaban J connectivity index is 1.67. The van der Waals surface area contributed by atoms with Crippen molar-refractivity contribution >= 4 is 17.9 Å². The third-order valence-electron chi connectivity index (χ3n) is 5.03. The van der Waals surface area contributed by atoms with Gasteiger partial charge in [0.25, 0.3) is 0 Å². The van der Waals surface area contributed by atoms with Gasteiger partial charge in [0.05, 0.1) is 23.9 Å². The van der Waals surface area contributed by atoms with Crippen LogP contribution < -0.4 is 10.6 Å². The molecule has 2 saturated heterocycles. The van der Waals surface area contributed by atoms with E-state index in [0.717, 1.165) is 19.3 Å². The number of nitrogens with zero attached hydrogens (tertiary/aromatic N) is 1. The van der Waals surface area contributed by atoms with Crippen molar-refractivity contribution in [3.63, 3.8) is 0 Å². The van der Waals surface area contributed by atoms with Gasteiger partial charge >= 0.3 is 12.0 Å². The van der Waals surface area contributed by atoms with Gasteiger partial charge in [-0.05, 0) is 32.1 Å². The van der Waals surface area contributed by atoms with Gasteiger partial charge in [0.1, 0.15) is 0 Å². The normalized spacial score (nSPS) is 30.1. The summed E-state index contributed by atoms with van der Waals surface area (Å²) in [5, 5.41) is 14.7. The van der Waals surface area contributed by atoms with Crippen molar-refractivity contribution in [3.05, 3.63) is 0 Å². The second kappa shape index (κ2) is 5.20. The number of fused-ring (bicyclic) bond motifs is 1. The van der Waals surface area contributed by atoms with Gasteiger partial charge in [0.15, 0.2) is 0 Å². The molecule has 0 radical (unpaired) electrons.